The van der Waals surface area contributed by atoms with Gasteiger partial charge in [-0.05, 0) is 43.2 Å². The van der Waals surface area contributed by atoms with E-state index in [2.05, 4.69) is 9.88 Å². The highest BCUT2D eigenvalue weighted by Crippen LogP contribution is 2.29. The van der Waals surface area contributed by atoms with Crippen LogP contribution < -0.4 is 9.64 Å². The van der Waals surface area contributed by atoms with Crippen LogP contribution in [-0.2, 0) is 10.0 Å². The molecule has 28 heavy (non-hydrogen) atoms. The molecule has 1 saturated heterocycles. The molecule has 1 aliphatic heterocycles. The van der Waals surface area contributed by atoms with E-state index in [0.29, 0.717) is 26.1 Å². The molecule has 9 heteroatoms. The second-order valence-electron chi connectivity index (χ2n) is 6.58. The van der Waals surface area contributed by atoms with Crippen molar-refractivity contribution in [2.45, 2.75) is 18.2 Å². The van der Waals surface area contributed by atoms with Gasteiger partial charge in [-0.3, -0.25) is 4.98 Å². The number of hydrogen-bond acceptors (Lipinski definition) is 6. The molecular formula is C19H23N3O5S. The summed E-state index contributed by atoms with van der Waals surface area (Å²) in [6.45, 7) is 3.88. The van der Waals surface area contributed by atoms with E-state index in [1.807, 2.05) is 13.0 Å². The number of aromatic carboxylic acids is 1. The van der Waals surface area contributed by atoms with Crippen molar-refractivity contribution in [3.63, 3.8) is 0 Å². The molecule has 8 nitrogen and oxygen atoms in total. The number of benzene rings is 1. The van der Waals surface area contributed by atoms with Gasteiger partial charge >= 0.3 is 5.97 Å². The smallest absolute Gasteiger partial charge is 0.335 e. The van der Waals surface area contributed by atoms with Crippen molar-refractivity contribution in [2.24, 2.45) is 0 Å². The number of sulfonamides is 1. The lowest BCUT2D eigenvalue weighted by Gasteiger charge is -2.25. The van der Waals surface area contributed by atoms with Crippen LogP contribution in [-0.4, -0.2) is 62.1 Å². The first-order chi connectivity index (χ1) is 13.3. The molecule has 0 saturated carbocycles. The third kappa shape index (κ3) is 3.95. The van der Waals surface area contributed by atoms with E-state index < -0.39 is 16.0 Å². The predicted octanol–water partition coefficient (Wildman–Crippen LogP) is 2.00. The topological polar surface area (TPSA) is 100 Å². The van der Waals surface area contributed by atoms with Crippen LogP contribution in [0.1, 0.15) is 22.3 Å². The van der Waals surface area contributed by atoms with Gasteiger partial charge in [0, 0.05) is 44.3 Å². The summed E-state index contributed by atoms with van der Waals surface area (Å²) in [7, 11) is -2.53. The molecule has 2 heterocycles. The van der Waals surface area contributed by atoms with E-state index in [1.54, 1.807) is 12.4 Å². The Labute approximate surface area is 164 Å². The number of aromatic nitrogens is 1. The van der Waals surface area contributed by atoms with Crippen LogP contribution in [0.2, 0.25) is 0 Å². The highest BCUT2D eigenvalue weighted by atomic mass is 32.2. The summed E-state index contributed by atoms with van der Waals surface area (Å²) in [5, 5.41) is 9.22. The lowest BCUT2D eigenvalue weighted by atomic mass is 10.2. The van der Waals surface area contributed by atoms with E-state index in [-0.39, 0.29) is 16.2 Å². The van der Waals surface area contributed by atoms with E-state index in [9.17, 15) is 18.3 Å². The minimum atomic E-state index is -3.89. The maximum Gasteiger partial charge on any atom is 0.335 e. The standard InChI is InChI=1S/C19H23N3O5S/c1-14-13-20-7-6-16(14)21-8-3-9-22(11-10-21)28(25,26)18-12-15(19(23)24)4-5-17(18)27-2/h4-7,12-13H,3,8-11H2,1-2H3,(H,23,24). The number of carbonyl (C=O) groups is 1. The molecular weight excluding hydrogens is 382 g/mol. The van der Waals surface area contributed by atoms with Crippen molar-refractivity contribution < 1.29 is 23.1 Å². The molecule has 2 aromatic rings. The van der Waals surface area contributed by atoms with Crippen molar-refractivity contribution in [3.05, 3.63) is 47.8 Å². The second kappa shape index (κ2) is 8.15. The first-order valence-corrected chi connectivity index (χ1v) is 10.4. The van der Waals surface area contributed by atoms with Gasteiger partial charge in [0.2, 0.25) is 10.0 Å². The summed E-state index contributed by atoms with van der Waals surface area (Å²) >= 11 is 0. The zero-order chi connectivity index (χ0) is 20.3. The predicted molar refractivity (Wildman–Crippen MR) is 105 cm³/mol. The maximum absolute atomic E-state index is 13.2. The molecule has 0 aliphatic carbocycles. The SMILES string of the molecule is COc1ccc(C(=O)O)cc1S(=O)(=O)N1CCCN(c2ccncc2C)CC1. The van der Waals surface area contributed by atoms with Crippen molar-refractivity contribution in [3.8, 4) is 5.75 Å². The fraction of sp³-hybridized carbons (Fsp3) is 0.368. The van der Waals surface area contributed by atoms with Gasteiger partial charge in [0.1, 0.15) is 10.6 Å². The number of rotatable bonds is 5. The maximum atomic E-state index is 13.2. The molecule has 0 spiro atoms. The summed E-state index contributed by atoms with van der Waals surface area (Å²) in [6.07, 6.45) is 4.17. The molecule has 1 fully saturated rings. The van der Waals surface area contributed by atoms with Crippen LogP contribution in [0, 0.1) is 6.92 Å². The van der Waals surface area contributed by atoms with Crippen LogP contribution in [0.5, 0.6) is 5.75 Å². The highest BCUT2D eigenvalue weighted by molar-refractivity contribution is 7.89. The van der Waals surface area contributed by atoms with Gasteiger partial charge in [-0.25, -0.2) is 13.2 Å². The van der Waals surface area contributed by atoms with E-state index in [0.717, 1.165) is 23.9 Å². The van der Waals surface area contributed by atoms with Gasteiger partial charge in [-0.15, -0.1) is 0 Å². The third-order valence-corrected chi connectivity index (χ3v) is 6.73. The van der Waals surface area contributed by atoms with E-state index in [1.165, 1.54) is 23.5 Å². The summed E-state index contributed by atoms with van der Waals surface area (Å²) in [5.74, 6) is -1.05. The molecule has 150 valence electrons. The molecule has 1 aromatic heterocycles. The average Bonchev–Trinajstić information content (AvgIpc) is 2.94. The van der Waals surface area contributed by atoms with Crippen molar-refractivity contribution in [1.82, 2.24) is 9.29 Å². The Morgan fingerprint density at radius 1 is 1.18 bits per heavy atom. The number of pyridine rings is 1. The summed E-state index contributed by atoms with van der Waals surface area (Å²) in [5.41, 5.74) is 1.98. The molecule has 3 rings (SSSR count). The van der Waals surface area contributed by atoms with Gasteiger partial charge in [-0.1, -0.05) is 0 Å². The van der Waals surface area contributed by atoms with Gasteiger partial charge < -0.3 is 14.7 Å². The Morgan fingerprint density at radius 2 is 1.96 bits per heavy atom. The fourth-order valence-electron chi connectivity index (χ4n) is 3.35. The number of ether oxygens (including phenoxy) is 1. The van der Waals surface area contributed by atoms with E-state index >= 15 is 0 Å². The molecule has 0 atom stereocenters. The zero-order valence-corrected chi connectivity index (χ0v) is 16.6. The lowest BCUT2D eigenvalue weighted by Crippen LogP contribution is -2.35. The Bertz CT molecular complexity index is 977. The number of nitrogens with zero attached hydrogens (tertiary/aromatic N) is 3. The monoisotopic (exact) mass is 405 g/mol. The molecule has 0 unspecified atom stereocenters. The zero-order valence-electron chi connectivity index (χ0n) is 15.8. The van der Waals surface area contributed by atoms with Crippen molar-refractivity contribution in [2.75, 3.05) is 38.2 Å². The molecule has 1 aromatic carbocycles. The number of carboxylic acids is 1. The van der Waals surface area contributed by atoms with Gasteiger partial charge in [-0.2, -0.15) is 4.31 Å². The Hall–Kier alpha value is -2.65. The first kappa shape index (κ1) is 20.1. The lowest BCUT2D eigenvalue weighted by molar-refractivity contribution is 0.0696. The molecule has 0 amide bonds. The van der Waals surface area contributed by atoms with Crippen LogP contribution in [0.15, 0.2) is 41.6 Å². The summed E-state index contributed by atoms with van der Waals surface area (Å²) in [6, 6.07) is 5.79. The van der Waals surface area contributed by atoms with Gasteiger partial charge in [0.15, 0.2) is 0 Å². The van der Waals surface area contributed by atoms with E-state index in [4.69, 9.17) is 4.74 Å². The number of methoxy groups -OCH3 is 1. The molecule has 1 aliphatic rings. The van der Waals surface area contributed by atoms with Crippen LogP contribution in [0.4, 0.5) is 5.69 Å². The quantitative estimate of drug-likeness (QED) is 0.812. The Morgan fingerprint density at radius 3 is 2.64 bits per heavy atom. The Kier molecular flexibility index (Phi) is 5.85. The highest BCUT2D eigenvalue weighted by Gasteiger charge is 2.30. The van der Waals surface area contributed by atoms with Gasteiger partial charge in [0.25, 0.3) is 0 Å². The van der Waals surface area contributed by atoms with Crippen molar-refractivity contribution >= 4 is 21.7 Å². The largest absolute Gasteiger partial charge is 0.495 e. The molecule has 1 N–H and O–H groups in total. The number of carboxylic acid groups (broad SMARTS) is 1. The second-order valence-corrected chi connectivity index (χ2v) is 8.48. The average molecular weight is 405 g/mol. The summed E-state index contributed by atoms with van der Waals surface area (Å²) in [4.78, 5) is 17.4. The number of hydrogen-bond donors (Lipinski definition) is 1. The minimum Gasteiger partial charge on any atom is -0.495 e. The third-order valence-electron chi connectivity index (χ3n) is 4.81. The summed E-state index contributed by atoms with van der Waals surface area (Å²) < 4.78 is 33.0. The minimum absolute atomic E-state index is 0.0942. The van der Waals surface area contributed by atoms with Crippen LogP contribution in [0.3, 0.4) is 0 Å². The molecule has 0 bridgehead atoms. The van der Waals surface area contributed by atoms with Crippen LogP contribution in [0.25, 0.3) is 0 Å². The van der Waals surface area contributed by atoms with Crippen LogP contribution >= 0.6 is 0 Å². The number of aryl methyl sites for hydroxylation is 1. The number of anilines is 1. The van der Waals surface area contributed by atoms with Gasteiger partial charge in [0.05, 0.1) is 12.7 Å². The first-order valence-electron chi connectivity index (χ1n) is 8.91. The Balaban J connectivity index is 1.88. The van der Waals surface area contributed by atoms with Crippen molar-refractivity contribution in [1.29, 1.82) is 0 Å². The fourth-order valence-corrected chi connectivity index (χ4v) is 5.00. The molecule has 0 radical (unpaired) electrons. The normalized spacial score (nSPS) is 15.9.